The Labute approximate surface area is 137 Å². The molecule has 3 aromatic heterocycles. The van der Waals surface area contributed by atoms with E-state index in [-0.39, 0.29) is 5.91 Å². The molecule has 0 saturated carbocycles. The van der Waals surface area contributed by atoms with Gasteiger partial charge < -0.3 is 9.84 Å². The molecule has 0 aliphatic heterocycles. The standard InChI is InChI=1S/C16H16N4O2S/c1-11-5-2-7-13(17-11)18-14(21)8-3-9-15-19-16(20-22-15)12-6-4-10-23-12/h2,4-7,10H,3,8-9H2,1H3,(H,17,18,21). The summed E-state index contributed by atoms with van der Waals surface area (Å²) in [5.41, 5.74) is 0.870. The van der Waals surface area contributed by atoms with Crippen LogP contribution in [0.1, 0.15) is 24.4 Å². The zero-order valence-electron chi connectivity index (χ0n) is 12.7. The van der Waals surface area contributed by atoms with Crippen LogP contribution in [0.3, 0.4) is 0 Å². The second kappa shape index (κ2) is 7.15. The SMILES string of the molecule is Cc1cccc(NC(=O)CCCc2nc(-c3cccs3)no2)n1. The Kier molecular flexibility index (Phi) is 4.77. The summed E-state index contributed by atoms with van der Waals surface area (Å²) in [6, 6.07) is 9.41. The number of carbonyl (C=O) groups is 1. The maximum atomic E-state index is 11.9. The van der Waals surface area contributed by atoms with E-state index in [1.807, 2.05) is 36.6 Å². The van der Waals surface area contributed by atoms with E-state index in [0.717, 1.165) is 10.6 Å². The maximum Gasteiger partial charge on any atom is 0.226 e. The van der Waals surface area contributed by atoms with Crippen molar-refractivity contribution < 1.29 is 9.32 Å². The lowest BCUT2D eigenvalue weighted by molar-refractivity contribution is -0.116. The van der Waals surface area contributed by atoms with Crippen molar-refractivity contribution in [3.05, 3.63) is 47.3 Å². The van der Waals surface area contributed by atoms with Gasteiger partial charge in [0.05, 0.1) is 4.88 Å². The molecule has 0 saturated heterocycles. The number of aryl methyl sites for hydroxylation is 2. The van der Waals surface area contributed by atoms with Gasteiger partial charge >= 0.3 is 0 Å². The highest BCUT2D eigenvalue weighted by Gasteiger charge is 2.10. The van der Waals surface area contributed by atoms with E-state index in [4.69, 9.17) is 4.52 Å². The summed E-state index contributed by atoms with van der Waals surface area (Å²) >= 11 is 1.56. The van der Waals surface area contributed by atoms with Gasteiger partial charge in [0.1, 0.15) is 5.82 Å². The quantitative estimate of drug-likeness (QED) is 0.749. The van der Waals surface area contributed by atoms with E-state index in [0.29, 0.717) is 36.8 Å². The van der Waals surface area contributed by atoms with Crippen molar-refractivity contribution in [3.63, 3.8) is 0 Å². The number of rotatable bonds is 6. The van der Waals surface area contributed by atoms with Crippen LogP contribution in [-0.4, -0.2) is 21.0 Å². The number of anilines is 1. The molecule has 3 heterocycles. The van der Waals surface area contributed by atoms with Crippen LogP contribution >= 0.6 is 11.3 Å². The van der Waals surface area contributed by atoms with Crippen LogP contribution in [0.2, 0.25) is 0 Å². The fourth-order valence-electron chi connectivity index (χ4n) is 2.08. The minimum atomic E-state index is -0.0684. The normalized spacial score (nSPS) is 10.7. The highest BCUT2D eigenvalue weighted by atomic mass is 32.1. The monoisotopic (exact) mass is 328 g/mol. The first kappa shape index (κ1) is 15.4. The van der Waals surface area contributed by atoms with Gasteiger partial charge in [-0.3, -0.25) is 4.79 Å². The number of hydrogen-bond donors (Lipinski definition) is 1. The van der Waals surface area contributed by atoms with Crippen molar-refractivity contribution in [2.24, 2.45) is 0 Å². The molecule has 0 unspecified atom stereocenters. The lowest BCUT2D eigenvalue weighted by Crippen LogP contribution is -2.12. The average Bonchev–Trinajstić information content (AvgIpc) is 3.18. The Balaban J connectivity index is 1.47. The van der Waals surface area contributed by atoms with Gasteiger partial charge in [-0.2, -0.15) is 4.98 Å². The molecule has 0 aromatic carbocycles. The van der Waals surface area contributed by atoms with Gasteiger partial charge in [0.2, 0.25) is 17.6 Å². The van der Waals surface area contributed by atoms with Gasteiger partial charge in [-0.1, -0.05) is 17.3 Å². The maximum absolute atomic E-state index is 11.9. The highest BCUT2D eigenvalue weighted by molar-refractivity contribution is 7.13. The molecule has 0 atom stereocenters. The van der Waals surface area contributed by atoms with Crippen molar-refractivity contribution in [1.29, 1.82) is 0 Å². The van der Waals surface area contributed by atoms with Gasteiger partial charge in [-0.05, 0) is 36.9 Å². The van der Waals surface area contributed by atoms with Crippen molar-refractivity contribution in [2.75, 3.05) is 5.32 Å². The number of carbonyl (C=O) groups excluding carboxylic acids is 1. The molecule has 1 N–H and O–H groups in total. The lowest BCUT2D eigenvalue weighted by atomic mass is 10.2. The third kappa shape index (κ3) is 4.23. The molecule has 0 aliphatic rings. The summed E-state index contributed by atoms with van der Waals surface area (Å²) in [5.74, 6) is 1.66. The van der Waals surface area contributed by atoms with Crippen molar-refractivity contribution in [3.8, 4) is 10.7 Å². The summed E-state index contributed by atoms with van der Waals surface area (Å²) in [6.45, 7) is 1.89. The average molecular weight is 328 g/mol. The lowest BCUT2D eigenvalue weighted by Gasteiger charge is -2.04. The molecular weight excluding hydrogens is 312 g/mol. The number of aromatic nitrogens is 3. The highest BCUT2D eigenvalue weighted by Crippen LogP contribution is 2.21. The van der Waals surface area contributed by atoms with Gasteiger partial charge in [-0.15, -0.1) is 11.3 Å². The molecule has 0 spiro atoms. The Morgan fingerprint density at radius 2 is 2.17 bits per heavy atom. The third-order valence-corrected chi connectivity index (χ3v) is 4.03. The van der Waals surface area contributed by atoms with E-state index in [1.165, 1.54) is 0 Å². The molecule has 6 nitrogen and oxygen atoms in total. The number of nitrogens with one attached hydrogen (secondary N) is 1. The van der Waals surface area contributed by atoms with E-state index in [2.05, 4.69) is 20.4 Å². The Bertz CT molecular complexity index is 783. The summed E-state index contributed by atoms with van der Waals surface area (Å²) in [5, 5.41) is 8.70. The minimum Gasteiger partial charge on any atom is -0.339 e. The molecule has 0 fully saturated rings. The van der Waals surface area contributed by atoms with Crippen LogP contribution in [0, 0.1) is 6.92 Å². The van der Waals surface area contributed by atoms with Crippen molar-refractivity contribution >= 4 is 23.1 Å². The number of hydrogen-bond acceptors (Lipinski definition) is 6. The first-order valence-electron chi connectivity index (χ1n) is 7.31. The zero-order chi connectivity index (χ0) is 16.1. The minimum absolute atomic E-state index is 0.0684. The molecule has 0 bridgehead atoms. The second-order valence-corrected chi connectivity index (χ2v) is 6.00. The van der Waals surface area contributed by atoms with E-state index >= 15 is 0 Å². The topological polar surface area (TPSA) is 80.9 Å². The summed E-state index contributed by atoms with van der Waals surface area (Å²) in [6.07, 6.45) is 1.60. The Hall–Kier alpha value is -2.54. The van der Waals surface area contributed by atoms with Gasteiger partial charge in [0, 0.05) is 18.5 Å². The third-order valence-electron chi connectivity index (χ3n) is 3.16. The van der Waals surface area contributed by atoms with Crippen LogP contribution < -0.4 is 5.32 Å². The van der Waals surface area contributed by atoms with Crippen LogP contribution in [0.15, 0.2) is 40.2 Å². The van der Waals surface area contributed by atoms with Crippen molar-refractivity contribution in [2.45, 2.75) is 26.2 Å². The summed E-state index contributed by atoms with van der Waals surface area (Å²) in [4.78, 5) is 21.4. The van der Waals surface area contributed by atoms with Crippen LogP contribution in [0.5, 0.6) is 0 Å². The van der Waals surface area contributed by atoms with Crippen LogP contribution in [-0.2, 0) is 11.2 Å². The van der Waals surface area contributed by atoms with E-state index < -0.39 is 0 Å². The molecule has 7 heteroatoms. The predicted octanol–water partition coefficient (Wildman–Crippen LogP) is 3.46. The predicted molar refractivity (Wildman–Crippen MR) is 88.2 cm³/mol. The molecule has 3 rings (SSSR count). The van der Waals surface area contributed by atoms with Crippen LogP contribution in [0.25, 0.3) is 10.7 Å². The molecule has 0 radical (unpaired) electrons. The molecule has 23 heavy (non-hydrogen) atoms. The Morgan fingerprint density at radius 1 is 1.26 bits per heavy atom. The van der Waals surface area contributed by atoms with Gasteiger partial charge in [-0.25, -0.2) is 4.98 Å². The molecule has 118 valence electrons. The summed E-state index contributed by atoms with van der Waals surface area (Å²) < 4.78 is 5.21. The number of nitrogens with zero attached hydrogens (tertiary/aromatic N) is 3. The van der Waals surface area contributed by atoms with Gasteiger partial charge in [0.25, 0.3) is 0 Å². The number of pyridine rings is 1. The van der Waals surface area contributed by atoms with Crippen LogP contribution in [0.4, 0.5) is 5.82 Å². The summed E-state index contributed by atoms with van der Waals surface area (Å²) in [7, 11) is 0. The van der Waals surface area contributed by atoms with Gasteiger partial charge in [0.15, 0.2) is 0 Å². The number of thiophene rings is 1. The molecule has 1 amide bonds. The Morgan fingerprint density at radius 3 is 2.96 bits per heavy atom. The second-order valence-electron chi connectivity index (χ2n) is 5.05. The van der Waals surface area contributed by atoms with Crippen molar-refractivity contribution in [1.82, 2.24) is 15.1 Å². The number of amides is 1. The molecular formula is C16H16N4O2S. The molecule has 0 aliphatic carbocycles. The zero-order valence-corrected chi connectivity index (χ0v) is 13.5. The fourth-order valence-corrected chi connectivity index (χ4v) is 2.73. The molecule has 3 aromatic rings. The van der Waals surface area contributed by atoms with E-state index in [9.17, 15) is 4.79 Å². The fraction of sp³-hybridized carbons (Fsp3) is 0.250. The largest absolute Gasteiger partial charge is 0.339 e. The van der Waals surface area contributed by atoms with E-state index in [1.54, 1.807) is 17.4 Å². The first-order valence-corrected chi connectivity index (χ1v) is 8.18. The first-order chi connectivity index (χ1) is 11.2. The smallest absolute Gasteiger partial charge is 0.226 e.